The van der Waals surface area contributed by atoms with Gasteiger partial charge in [-0.2, -0.15) is 0 Å². The molecule has 9 heteroatoms. The van der Waals surface area contributed by atoms with Crippen molar-refractivity contribution in [3.8, 4) is 0 Å². The summed E-state index contributed by atoms with van der Waals surface area (Å²) >= 11 is 3.15. The maximum atomic E-state index is 12.0. The Bertz CT molecular complexity index is 737. The molecule has 0 bridgehead atoms. The van der Waals surface area contributed by atoms with E-state index in [1.165, 1.54) is 12.2 Å². The lowest BCUT2D eigenvalue weighted by atomic mass is 10.0. The Balaban J connectivity index is 2.05. The summed E-state index contributed by atoms with van der Waals surface area (Å²) in [6, 6.07) is 2.32. The number of rotatable bonds is 6. The van der Waals surface area contributed by atoms with E-state index in [0.717, 1.165) is 0 Å². The monoisotopic (exact) mass is 412 g/mol. The van der Waals surface area contributed by atoms with Crippen molar-refractivity contribution in [1.29, 1.82) is 0 Å². The lowest BCUT2D eigenvalue weighted by Gasteiger charge is -2.26. The molecule has 0 aliphatic carbocycles. The highest BCUT2D eigenvalue weighted by molar-refractivity contribution is 9.10. The van der Waals surface area contributed by atoms with E-state index in [2.05, 4.69) is 26.6 Å². The molecule has 1 atom stereocenters. The molecule has 1 aliphatic rings. The van der Waals surface area contributed by atoms with Crippen LogP contribution in [0, 0.1) is 0 Å². The van der Waals surface area contributed by atoms with Crippen molar-refractivity contribution in [2.24, 2.45) is 0 Å². The fourth-order valence-electron chi connectivity index (χ4n) is 2.15. The van der Waals surface area contributed by atoms with Crippen LogP contribution in [0.5, 0.6) is 0 Å². The number of halogens is 1. The number of esters is 2. The number of amides is 2. The van der Waals surface area contributed by atoms with Gasteiger partial charge in [0.15, 0.2) is 4.67 Å². The van der Waals surface area contributed by atoms with Gasteiger partial charge in [0.2, 0.25) is 0 Å². The van der Waals surface area contributed by atoms with E-state index < -0.39 is 24.0 Å². The molecule has 0 unspecified atom stereocenters. The van der Waals surface area contributed by atoms with Gasteiger partial charge in [-0.25, -0.2) is 14.4 Å². The summed E-state index contributed by atoms with van der Waals surface area (Å²) in [6.07, 6.45) is 2.62. The first kappa shape index (κ1) is 18.8. The van der Waals surface area contributed by atoms with Gasteiger partial charge in [-0.3, -0.25) is 0 Å². The standard InChI is InChI=1S/C16H17BrN2O6/c1-3-23-15(21)14-9(2)18-16(22)19-11(14)8-24-13(20)7-5-10-4-6-12(17)25-10/h4-7,9H,3,8H2,1-2H3,(H2,18,19,22)/b7-5+/t9-/m0/s1. The number of hydrogen-bond donors (Lipinski definition) is 2. The minimum absolute atomic E-state index is 0.192. The molecule has 0 spiro atoms. The van der Waals surface area contributed by atoms with E-state index >= 15 is 0 Å². The van der Waals surface area contributed by atoms with E-state index in [1.54, 1.807) is 26.0 Å². The second-order valence-electron chi connectivity index (χ2n) is 5.02. The number of urea groups is 1. The van der Waals surface area contributed by atoms with E-state index in [9.17, 15) is 14.4 Å². The third-order valence-corrected chi connectivity index (χ3v) is 3.63. The Hall–Kier alpha value is -2.55. The van der Waals surface area contributed by atoms with E-state index in [-0.39, 0.29) is 24.5 Å². The molecular formula is C16H17BrN2O6. The van der Waals surface area contributed by atoms with Crippen molar-refractivity contribution in [2.45, 2.75) is 19.9 Å². The maximum absolute atomic E-state index is 12.0. The molecule has 2 heterocycles. The average Bonchev–Trinajstić information content (AvgIpc) is 2.96. The van der Waals surface area contributed by atoms with Crippen LogP contribution in [0.2, 0.25) is 0 Å². The molecular weight excluding hydrogens is 396 g/mol. The van der Waals surface area contributed by atoms with Crippen LogP contribution in [0.4, 0.5) is 4.79 Å². The van der Waals surface area contributed by atoms with Gasteiger partial charge in [0.25, 0.3) is 0 Å². The molecule has 134 valence electrons. The fraction of sp³-hybridized carbons (Fsp3) is 0.312. The summed E-state index contributed by atoms with van der Waals surface area (Å²) in [6.45, 7) is 3.24. The van der Waals surface area contributed by atoms with E-state index in [4.69, 9.17) is 13.9 Å². The number of nitrogens with one attached hydrogen (secondary N) is 2. The molecule has 0 saturated carbocycles. The van der Waals surface area contributed by atoms with Crippen LogP contribution in [0.3, 0.4) is 0 Å². The molecule has 0 fully saturated rings. The molecule has 0 aromatic carbocycles. The van der Waals surface area contributed by atoms with Gasteiger partial charge < -0.3 is 24.5 Å². The van der Waals surface area contributed by atoms with E-state index in [1.807, 2.05) is 0 Å². The molecule has 0 radical (unpaired) electrons. The van der Waals surface area contributed by atoms with Crippen LogP contribution in [-0.2, 0) is 19.1 Å². The highest BCUT2D eigenvalue weighted by atomic mass is 79.9. The van der Waals surface area contributed by atoms with Gasteiger partial charge in [-0.15, -0.1) is 0 Å². The zero-order valence-electron chi connectivity index (χ0n) is 13.6. The fourth-order valence-corrected chi connectivity index (χ4v) is 2.47. The zero-order chi connectivity index (χ0) is 18.4. The normalized spacial score (nSPS) is 17.2. The van der Waals surface area contributed by atoms with Crippen LogP contribution < -0.4 is 10.6 Å². The highest BCUT2D eigenvalue weighted by Gasteiger charge is 2.30. The van der Waals surface area contributed by atoms with Crippen molar-refractivity contribution in [1.82, 2.24) is 10.6 Å². The largest absolute Gasteiger partial charge is 0.463 e. The van der Waals surface area contributed by atoms with Crippen molar-refractivity contribution >= 4 is 40.0 Å². The number of furan rings is 1. The molecule has 0 saturated heterocycles. The second kappa shape index (κ2) is 8.52. The first-order valence-corrected chi connectivity index (χ1v) is 8.27. The second-order valence-corrected chi connectivity index (χ2v) is 5.80. The lowest BCUT2D eigenvalue weighted by Crippen LogP contribution is -2.50. The summed E-state index contributed by atoms with van der Waals surface area (Å²) in [7, 11) is 0. The van der Waals surface area contributed by atoms with Gasteiger partial charge in [0, 0.05) is 6.08 Å². The summed E-state index contributed by atoms with van der Waals surface area (Å²) in [4.78, 5) is 35.4. The number of hydrogen-bond acceptors (Lipinski definition) is 6. The van der Waals surface area contributed by atoms with Crippen LogP contribution >= 0.6 is 15.9 Å². The summed E-state index contributed by atoms with van der Waals surface area (Å²) in [5.41, 5.74) is 0.408. The lowest BCUT2D eigenvalue weighted by molar-refractivity contribution is -0.140. The first-order valence-electron chi connectivity index (χ1n) is 7.48. The van der Waals surface area contributed by atoms with Gasteiger partial charge in [-0.1, -0.05) is 0 Å². The third-order valence-electron chi connectivity index (χ3n) is 3.20. The molecule has 2 amide bonds. The summed E-state index contributed by atoms with van der Waals surface area (Å²) < 4.78 is 15.8. The van der Waals surface area contributed by atoms with Gasteiger partial charge in [0.1, 0.15) is 12.4 Å². The summed E-state index contributed by atoms with van der Waals surface area (Å²) in [5.74, 6) is -0.757. The predicted molar refractivity (Wildman–Crippen MR) is 91.2 cm³/mol. The van der Waals surface area contributed by atoms with Crippen LogP contribution in [-0.4, -0.2) is 37.2 Å². The van der Waals surface area contributed by atoms with Gasteiger partial charge in [-0.05, 0) is 48.0 Å². The van der Waals surface area contributed by atoms with Crippen LogP contribution in [0.15, 0.2) is 38.6 Å². The number of carbonyl (C=O) groups is 3. The molecule has 1 aromatic rings. The minimum Gasteiger partial charge on any atom is -0.463 e. The molecule has 8 nitrogen and oxygen atoms in total. The smallest absolute Gasteiger partial charge is 0.338 e. The Morgan fingerprint density at radius 3 is 2.76 bits per heavy atom. The average molecular weight is 413 g/mol. The molecule has 1 aromatic heterocycles. The Labute approximate surface area is 152 Å². The molecule has 25 heavy (non-hydrogen) atoms. The Kier molecular flexibility index (Phi) is 6.40. The number of ether oxygens (including phenoxy) is 2. The van der Waals surface area contributed by atoms with Crippen LogP contribution in [0.25, 0.3) is 6.08 Å². The quantitative estimate of drug-likeness (QED) is 0.547. The minimum atomic E-state index is -0.649. The molecule has 2 N–H and O–H groups in total. The number of carbonyl (C=O) groups excluding carboxylic acids is 3. The van der Waals surface area contributed by atoms with Crippen molar-refractivity contribution in [2.75, 3.05) is 13.2 Å². The topological polar surface area (TPSA) is 107 Å². The van der Waals surface area contributed by atoms with Crippen LogP contribution in [0.1, 0.15) is 19.6 Å². The van der Waals surface area contributed by atoms with E-state index in [0.29, 0.717) is 10.4 Å². The van der Waals surface area contributed by atoms with Gasteiger partial charge >= 0.3 is 18.0 Å². The van der Waals surface area contributed by atoms with Crippen molar-refractivity contribution < 1.29 is 28.3 Å². The zero-order valence-corrected chi connectivity index (χ0v) is 15.2. The SMILES string of the molecule is CCOC(=O)C1=C(COC(=O)/C=C/c2ccc(Br)o2)NC(=O)N[C@H]1C. The van der Waals surface area contributed by atoms with Crippen molar-refractivity contribution in [3.63, 3.8) is 0 Å². The Morgan fingerprint density at radius 1 is 1.36 bits per heavy atom. The maximum Gasteiger partial charge on any atom is 0.338 e. The first-order chi connectivity index (χ1) is 11.9. The molecule has 1 aliphatic heterocycles. The van der Waals surface area contributed by atoms with Gasteiger partial charge in [0.05, 0.1) is 23.9 Å². The summed E-state index contributed by atoms with van der Waals surface area (Å²) in [5, 5.41) is 5.03. The Morgan fingerprint density at radius 2 is 2.12 bits per heavy atom. The van der Waals surface area contributed by atoms with Crippen molar-refractivity contribution in [3.05, 3.63) is 39.9 Å². The predicted octanol–water partition coefficient (Wildman–Crippen LogP) is 2.12. The molecule has 2 rings (SSSR count). The third kappa shape index (κ3) is 5.21. The highest BCUT2D eigenvalue weighted by Crippen LogP contribution is 2.16.